The van der Waals surface area contributed by atoms with Gasteiger partial charge in [0.15, 0.2) is 0 Å². The number of benzene rings is 1. The normalized spacial score (nSPS) is 11.3. The van der Waals surface area contributed by atoms with Crippen LogP contribution in [0.3, 0.4) is 0 Å². The van der Waals surface area contributed by atoms with Crippen molar-refractivity contribution in [1.82, 2.24) is 0 Å². The Bertz CT molecular complexity index is 519. The van der Waals surface area contributed by atoms with E-state index in [0.717, 1.165) is 18.4 Å². The molecular weight excluding hydrogens is 332 g/mol. The minimum atomic E-state index is 0.237. The molecule has 0 atom stereocenters. The molecule has 0 unspecified atom stereocenters. The van der Waals surface area contributed by atoms with Crippen LogP contribution in [0.4, 0.5) is 0 Å². The fourth-order valence-electron chi connectivity index (χ4n) is 3.38. The third-order valence-electron chi connectivity index (χ3n) is 5.03. The Balaban J connectivity index is 1.87. The van der Waals surface area contributed by atoms with E-state index in [1.165, 1.54) is 70.6 Å². The number of aromatic hydroxyl groups is 1. The molecule has 0 amide bonds. The molecule has 0 aromatic heterocycles. The van der Waals surface area contributed by atoms with Gasteiger partial charge in [0.25, 0.3) is 0 Å². The monoisotopic (exact) mass is 372 g/mol. The SMILES string of the molecule is CCCCCCCCC=CCCCCCCCC(=O)Cc1cccc(O)c1. The molecule has 0 saturated heterocycles. The summed E-state index contributed by atoms with van der Waals surface area (Å²) in [4.78, 5) is 12.0. The molecule has 0 aliphatic carbocycles. The average molecular weight is 373 g/mol. The number of phenols is 1. The summed E-state index contributed by atoms with van der Waals surface area (Å²) in [6.07, 6.45) is 22.4. The van der Waals surface area contributed by atoms with Crippen LogP contribution in [0.2, 0.25) is 0 Å². The summed E-state index contributed by atoms with van der Waals surface area (Å²) in [5.41, 5.74) is 0.910. The van der Waals surface area contributed by atoms with Crippen molar-refractivity contribution in [2.45, 2.75) is 103 Å². The largest absolute Gasteiger partial charge is 0.508 e. The van der Waals surface area contributed by atoms with Gasteiger partial charge in [-0.2, -0.15) is 0 Å². The molecule has 152 valence electrons. The van der Waals surface area contributed by atoms with Crippen molar-refractivity contribution >= 4 is 5.78 Å². The lowest BCUT2D eigenvalue weighted by molar-refractivity contribution is -0.118. The molecular formula is C25H40O2. The summed E-state index contributed by atoms with van der Waals surface area (Å²) in [6, 6.07) is 7.01. The molecule has 1 N–H and O–H groups in total. The Kier molecular flexibility index (Phi) is 14.4. The predicted octanol–water partition coefficient (Wildman–Crippen LogP) is 7.54. The molecule has 1 aromatic rings. The Hall–Kier alpha value is -1.57. The van der Waals surface area contributed by atoms with Crippen LogP contribution in [-0.4, -0.2) is 10.9 Å². The molecule has 0 aliphatic rings. The highest BCUT2D eigenvalue weighted by Crippen LogP contribution is 2.14. The van der Waals surface area contributed by atoms with Crippen LogP contribution in [0.1, 0.15) is 102 Å². The third-order valence-corrected chi connectivity index (χ3v) is 5.03. The fraction of sp³-hybridized carbons (Fsp3) is 0.640. The number of carbonyl (C=O) groups is 1. The van der Waals surface area contributed by atoms with Gasteiger partial charge in [-0.3, -0.25) is 4.79 Å². The van der Waals surface area contributed by atoms with Crippen molar-refractivity contribution in [3.8, 4) is 5.75 Å². The highest BCUT2D eigenvalue weighted by Gasteiger charge is 2.04. The highest BCUT2D eigenvalue weighted by atomic mass is 16.3. The van der Waals surface area contributed by atoms with Gasteiger partial charge in [-0.1, -0.05) is 82.6 Å². The first kappa shape index (κ1) is 23.5. The van der Waals surface area contributed by atoms with Crippen molar-refractivity contribution in [1.29, 1.82) is 0 Å². The van der Waals surface area contributed by atoms with Crippen molar-refractivity contribution in [3.05, 3.63) is 42.0 Å². The van der Waals surface area contributed by atoms with Gasteiger partial charge in [-0.25, -0.2) is 0 Å². The molecule has 2 heteroatoms. The number of hydrogen-bond donors (Lipinski definition) is 1. The second kappa shape index (κ2) is 16.6. The smallest absolute Gasteiger partial charge is 0.137 e. The number of allylic oxidation sites excluding steroid dienone is 2. The van der Waals surface area contributed by atoms with Crippen LogP contribution in [0, 0.1) is 0 Å². The number of Topliss-reactive ketones (excluding diaryl/α,β-unsaturated/α-hetero) is 1. The van der Waals surface area contributed by atoms with E-state index in [0.29, 0.717) is 12.8 Å². The lowest BCUT2D eigenvalue weighted by Gasteiger charge is -2.03. The van der Waals surface area contributed by atoms with Crippen molar-refractivity contribution in [2.75, 3.05) is 0 Å². The van der Waals surface area contributed by atoms with Crippen LogP contribution in [0.25, 0.3) is 0 Å². The Morgan fingerprint density at radius 2 is 1.44 bits per heavy atom. The lowest BCUT2D eigenvalue weighted by atomic mass is 10.0. The molecule has 0 radical (unpaired) electrons. The third kappa shape index (κ3) is 14.2. The quantitative estimate of drug-likeness (QED) is 0.226. The number of carbonyl (C=O) groups excluding carboxylic acids is 1. The average Bonchev–Trinajstić information content (AvgIpc) is 2.65. The van der Waals surface area contributed by atoms with Gasteiger partial charge in [0.1, 0.15) is 11.5 Å². The molecule has 0 bridgehead atoms. The van der Waals surface area contributed by atoms with E-state index in [4.69, 9.17) is 0 Å². The van der Waals surface area contributed by atoms with Gasteiger partial charge >= 0.3 is 0 Å². The van der Waals surface area contributed by atoms with Gasteiger partial charge in [-0.05, 0) is 49.8 Å². The van der Waals surface area contributed by atoms with E-state index in [1.807, 2.05) is 6.07 Å². The maximum absolute atomic E-state index is 12.0. The minimum absolute atomic E-state index is 0.237. The summed E-state index contributed by atoms with van der Waals surface area (Å²) in [5, 5.41) is 9.43. The summed E-state index contributed by atoms with van der Waals surface area (Å²) in [7, 11) is 0. The van der Waals surface area contributed by atoms with E-state index >= 15 is 0 Å². The molecule has 0 spiro atoms. The van der Waals surface area contributed by atoms with E-state index in [-0.39, 0.29) is 11.5 Å². The van der Waals surface area contributed by atoms with Crippen molar-refractivity contribution in [2.24, 2.45) is 0 Å². The summed E-state index contributed by atoms with van der Waals surface area (Å²) < 4.78 is 0. The molecule has 0 aliphatic heterocycles. The van der Waals surface area contributed by atoms with Crippen LogP contribution < -0.4 is 0 Å². The topological polar surface area (TPSA) is 37.3 Å². The fourth-order valence-corrected chi connectivity index (χ4v) is 3.38. The second-order valence-corrected chi connectivity index (χ2v) is 7.72. The first-order valence-electron chi connectivity index (χ1n) is 11.2. The molecule has 1 rings (SSSR count). The number of hydrogen-bond acceptors (Lipinski definition) is 2. The van der Waals surface area contributed by atoms with E-state index < -0.39 is 0 Å². The van der Waals surface area contributed by atoms with Crippen LogP contribution in [0.5, 0.6) is 5.75 Å². The molecule has 27 heavy (non-hydrogen) atoms. The maximum Gasteiger partial charge on any atom is 0.137 e. The number of unbranched alkanes of at least 4 members (excludes halogenated alkanes) is 11. The summed E-state index contributed by atoms with van der Waals surface area (Å²) in [6.45, 7) is 2.27. The first-order valence-corrected chi connectivity index (χ1v) is 11.2. The molecule has 0 heterocycles. The zero-order valence-corrected chi connectivity index (χ0v) is 17.4. The highest BCUT2D eigenvalue weighted by molar-refractivity contribution is 5.80. The number of phenolic OH excluding ortho intramolecular Hbond substituents is 1. The van der Waals surface area contributed by atoms with Crippen LogP contribution >= 0.6 is 0 Å². The Morgan fingerprint density at radius 1 is 0.852 bits per heavy atom. The van der Waals surface area contributed by atoms with Gasteiger partial charge in [0.2, 0.25) is 0 Å². The Labute approximate surface area is 167 Å². The van der Waals surface area contributed by atoms with E-state index in [1.54, 1.807) is 18.2 Å². The van der Waals surface area contributed by atoms with Gasteiger partial charge in [0.05, 0.1) is 0 Å². The summed E-state index contributed by atoms with van der Waals surface area (Å²) in [5.74, 6) is 0.513. The molecule has 0 fully saturated rings. The standard InChI is InChI=1S/C25H40O2/c1-2-3-4-5-6-7-8-9-10-11-12-13-14-15-16-19-24(26)21-23-18-17-20-25(27)22-23/h9-10,17-18,20,22,27H,2-8,11-16,19,21H2,1H3. The second-order valence-electron chi connectivity index (χ2n) is 7.72. The van der Waals surface area contributed by atoms with Crippen LogP contribution in [0.15, 0.2) is 36.4 Å². The zero-order chi connectivity index (χ0) is 19.6. The molecule has 2 nitrogen and oxygen atoms in total. The maximum atomic E-state index is 12.0. The van der Waals surface area contributed by atoms with Crippen LogP contribution in [-0.2, 0) is 11.2 Å². The van der Waals surface area contributed by atoms with E-state index in [9.17, 15) is 9.90 Å². The van der Waals surface area contributed by atoms with Crippen molar-refractivity contribution < 1.29 is 9.90 Å². The predicted molar refractivity (Wildman–Crippen MR) is 116 cm³/mol. The Morgan fingerprint density at radius 3 is 2.07 bits per heavy atom. The zero-order valence-electron chi connectivity index (χ0n) is 17.4. The molecule has 1 aromatic carbocycles. The van der Waals surface area contributed by atoms with Gasteiger partial charge in [0, 0.05) is 12.8 Å². The minimum Gasteiger partial charge on any atom is -0.508 e. The first-order chi connectivity index (χ1) is 13.2. The number of ketones is 1. The van der Waals surface area contributed by atoms with E-state index in [2.05, 4.69) is 19.1 Å². The summed E-state index contributed by atoms with van der Waals surface area (Å²) >= 11 is 0. The van der Waals surface area contributed by atoms with Crippen molar-refractivity contribution in [3.63, 3.8) is 0 Å². The van der Waals surface area contributed by atoms with Gasteiger partial charge in [-0.15, -0.1) is 0 Å². The van der Waals surface area contributed by atoms with Gasteiger partial charge < -0.3 is 5.11 Å². The number of rotatable bonds is 17. The molecule has 0 saturated carbocycles. The lowest BCUT2D eigenvalue weighted by Crippen LogP contribution is -2.02.